The van der Waals surface area contributed by atoms with Gasteiger partial charge in [0.2, 0.25) is 0 Å². The van der Waals surface area contributed by atoms with Crippen LogP contribution >= 0.6 is 0 Å². The molecule has 21 fully saturated rings. The van der Waals surface area contributed by atoms with E-state index in [9.17, 15) is 107 Å². The standard InChI is InChI=1S/C42H70O35/c43-1-8-29-15(50)22(57)36(64-8)72-30-9(2-44)66-38(24(59)17(30)52)74-32-11(4-46)68-40(26(61)19(32)54)76-34-13(6-48)70-42(28(63)21(34)56)77-35-14(7-49)69-41(27(62)20(35)55)75-33-12(5-47)67-39(25(60)18(33)53)73-31-10(3-45)65-37(71-29)23(58)16(31)51/h8-63H,1-7H2/t8?,9?,10?,11?,12?,13?,14?,15-,16-,17-,18-,19-,20-,21+,22?,23?,24?,25?,26?,27?,28?,29-,30-,31-,32-,33-,34-,35-,36-,37-,38+,39-,40+,41-,42+/m1/s1. The molecule has 35 nitrogen and oxygen atoms in total. The van der Waals surface area contributed by atoms with Crippen molar-refractivity contribution in [2.24, 2.45) is 0 Å². The Morgan fingerprint density at radius 3 is 0.351 bits per heavy atom. The summed E-state index contributed by atoms with van der Waals surface area (Å²) < 4.78 is 79.5. The van der Waals surface area contributed by atoms with Crippen LogP contribution in [0.2, 0.25) is 0 Å². The van der Waals surface area contributed by atoms with Crippen molar-refractivity contribution in [3.05, 3.63) is 0 Å². The third-order valence-corrected chi connectivity index (χ3v) is 14.8. The van der Waals surface area contributed by atoms with E-state index >= 15 is 0 Å². The molecule has 14 unspecified atom stereocenters. The molecule has 0 saturated carbocycles. The van der Waals surface area contributed by atoms with Crippen LogP contribution in [-0.4, -0.2) is 368 Å². The summed E-state index contributed by atoms with van der Waals surface area (Å²) in [6.45, 7) is -7.33. The van der Waals surface area contributed by atoms with Gasteiger partial charge in [-0.25, -0.2) is 0 Å². The highest BCUT2D eigenvalue weighted by molar-refractivity contribution is 5.01. The Kier molecular flexibility index (Phi) is 20.8. The quantitative estimate of drug-likeness (QED) is 0.113. The minimum absolute atomic E-state index is 1.05. The second-order valence-corrected chi connectivity index (χ2v) is 19.7. The Labute approximate surface area is 434 Å². The molecule has 14 bridgehead atoms. The van der Waals surface area contributed by atoms with Crippen molar-refractivity contribution >= 4 is 0 Å². The molecule has 0 aromatic heterocycles. The van der Waals surface area contributed by atoms with Crippen LogP contribution in [-0.2, 0) is 66.3 Å². The Bertz CT molecular complexity index is 1470. The first-order chi connectivity index (χ1) is 36.7. The third-order valence-electron chi connectivity index (χ3n) is 14.8. The van der Waals surface area contributed by atoms with Gasteiger partial charge >= 0.3 is 0 Å². The Hall–Kier alpha value is -1.40. The molecule has 0 aromatic rings. The predicted molar refractivity (Wildman–Crippen MR) is 228 cm³/mol. The lowest BCUT2D eigenvalue weighted by atomic mass is 9.95. The monoisotopic (exact) mass is 1130 g/mol. The fourth-order valence-electron chi connectivity index (χ4n) is 10.4. The molecule has 0 aliphatic carbocycles. The van der Waals surface area contributed by atoms with Crippen LogP contribution in [0.3, 0.4) is 0 Å². The molecular formula is C42H70O35. The van der Waals surface area contributed by atoms with Crippen LogP contribution in [0.25, 0.3) is 0 Å². The van der Waals surface area contributed by atoms with E-state index in [1.54, 1.807) is 0 Å². The summed E-state index contributed by atoms with van der Waals surface area (Å²) in [4.78, 5) is 0. The van der Waals surface area contributed by atoms with Crippen LogP contribution in [0, 0.1) is 0 Å². The maximum atomic E-state index is 11.3. The lowest BCUT2D eigenvalue weighted by molar-refractivity contribution is -0.396. The highest BCUT2D eigenvalue weighted by Crippen LogP contribution is 2.39. The van der Waals surface area contributed by atoms with Gasteiger partial charge in [-0.2, -0.15) is 0 Å². The molecule has 21 rings (SSSR count). The number of ether oxygens (including phenoxy) is 14. The second-order valence-electron chi connectivity index (χ2n) is 19.7. The van der Waals surface area contributed by atoms with Crippen molar-refractivity contribution < 1.29 is 174 Å². The second kappa shape index (κ2) is 26.0. The largest absolute Gasteiger partial charge is 0.394 e. The molecular weight excluding hydrogens is 1060 g/mol. The minimum atomic E-state index is -2.21. The average Bonchev–Trinajstić information content (AvgIpc) is 3.47. The maximum Gasteiger partial charge on any atom is 0.187 e. The van der Waals surface area contributed by atoms with Gasteiger partial charge in [0.05, 0.1) is 46.2 Å². The summed E-state index contributed by atoms with van der Waals surface area (Å²) in [5.41, 5.74) is 0. The van der Waals surface area contributed by atoms with Crippen molar-refractivity contribution in [3.63, 3.8) is 0 Å². The highest BCUT2D eigenvalue weighted by Gasteiger charge is 2.59. The SMILES string of the molecule is OCC1O[C@@H]2O[C@@H]3C(CO)O[C@H](O[C@@H]4C(CO)O[C@@H](O[C@@H]5C(CO)O[C@@H](O[C@@H]6C(CO)O[C@@H](O[C@@H]7C(CO)O[C@H](O[C@@H]8C(CO)O[C@H](O[C@H]1[C@H](O)C2O)C(O)[C@H]8O)C(O)[C@H]7O)C(O)[C@@H]6O)C(O)[C@H]5O)C(O)[C@H]4O)C(O)[C@H]3O. The maximum absolute atomic E-state index is 11.3. The molecule has 77 heavy (non-hydrogen) atoms. The molecule has 0 amide bonds. The fraction of sp³-hybridized carbons (Fsp3) is 1.00. The molecule has 21 aliphatic rings. The zero-order chi connectivity index (χ0) is 56.1. The van der Waals surface area contributed by atoms with Gasteiger partial charge in [-0.3, -0.25) is 0 Å². The summed E-state index contributed by atoms with van der Waals surface area (Å²) in [7, 11) is 0. The van der Waals surface area contributed by atoms with Crippen molar-refractivity contribution in [1.29, 1.82) is 0 Å². The average molecular weight is 1130 g/mol. The van der Waals surface area contributed by atoms with Gasteiger partial charge < -0.3 is 174 Å². The van der Waals surface area contributed by atoms with E-state index in [0.717, 1.165) is 0 Å². The van der Waals surface area contributed by atoms with E-state index in [0.29, 0.717) is 0 Å². The third kappa shape index (κ3) is 12.1. The fourth-order valence-corrected chi connectivity index (χ4v) is 10.4. The number of aliphatic hydroxyl groups is 21. The normalized spacial score (nSPS) is 55.4. The zero-order valence-electron chi connectivity index (χ0n) is 40.3. The lowest BCUT2D eigenvalue weighted by Gasteiger charge is -2.50. The van der Waals surface area contributed by atoms with Gasteiger partial charge in [-0.05, 0) is 0 Å². The van der Waals surface area contributed by atoms with Gasteiger partial charge in [0.1, 0.15) is 171 Å². The molecule has 0 spiro atoms. The van der Waals surface area contributed by atoms with Crippen molar-refractivity contribution in [1.82, 2.24) is 0 Å². The summed E-state index contributed by atoms with van der Waals surface area (Å²) in [5, 5.41) is 230. The Morgan fingerprint density at radius 2 is 0.260 bits per heavy atom. The molecule has 35 heteroatoms. The first-order valence-electron chi connectivity index (χ1n) is 24.6. The molecule has 0 aromatic carbocycles. The van der Waals surface area contributed by atoms with Crippen molar-refractivity contribution in [2.75, 3.05) is 46.2 Å². The number of hydrogen-bond acceptors (Lipinski definition) is 35. The highest BCUT2D eigenvalue weighted by atomic mass is 16.8. The zero-order valence-corrected chi connectivity index (χ0v) is 40.3. The van der Waals surface area contributed by atoms with Crippen molar-refractivity contribution in [3.8, 4) is 0 Å². The van der Waals surface area contributed by atoms with E-state index in [-0.39, 0.29) is 0 Å². The lowest BCUT2D eigenvalue weighted by Crippen LogP contribution is -2.68. The topological polar surface area (TPSA) is 554 Å². The summed E-state index contributed by atoms with van der Waals surface area (Å²) in [6, 6.07) is 0. The van der Waals surface area contributed by atoms with Crippen LogP contribution < -0.4 is 0 Å². The van der Waals surface area contributed by atoms with E-state index in [1.165, 1.54) is 0 Å². The summed E-state index contributed by atoms with van der Waals surface area (Å²) in [6.07, 6.45) is -70.2. The van der Waals surface area contributed by atoms with Crippen LogP contribution in [0.5, 0.6) is 0 Å². The van der Waals surface area contributed by atoms with Crippen LogP contribution in [0.15, 0.2) is 0 Å². The van der Waals surface area contributed by atoms with Gasteiger partial charge in [0.25, 0.3) is 0 Å². The van der Waals surface area contributed by atoms with Gasteiger partial charge in [-0.1, -0.05) is 0 Å². The van der Waals surface area contributed by atoms with E-state index < -0.39 is 261 Å². The van der Waals surface area contributed by atoms with Crippen molar-refractivity contribution in [2.45, 2.75) is 215 Å². The predicted octanol–water partition coefficient (Wildman–Crippen LogP) is -15.2. The molecule has 35 atom stereocenters. The number of rotatable bonds is 7. The van der Waals surface area contributed by atoms with E-state index in [2.05, 4.69) is 0 Å². The molecule has 21 aliphatic heterocycles. The molecule has 21 saturated heterocycles. The minimum Gasteiger partial charge on any atom is -0.394 e. The first kappa shape index (κ1) is 61.7. The van der Waals surface area contributed by atoms with E-state index in [4.69, 9.17) is 66.3 Å². The smallest absolute Gasteiger partial charge is 0.187 e. The Morgan fingerprint density at radius 1 is 0.156 bits per heavy atom. The Balaban J connectivity index is 1.08. The summed E-state index contributed by atoms with van der Waals surface area (Å²) >= 11 is 0. The number of aliphatic hydroxyl groups excluding tert-OH is 21. The van der Waals surface area contributed by atoms with Gasteiger partial charge in [-0.15, -0.1) is 0 Å². The van der Waals surface area contributed by atoms with Gasteiger partial charge in [0.15, 0.2) is 44.0 Å². The molecule has 21 heterocycles. The molecule has 448 valence electrons. The summed E-state index contributed by atoms with van der Waals surface area (Å²) in [5.74, 6) is 0. The number of hydrogen-bond donors (Lipinski definition) is 21. The van der Waals surface area contributed by atoms with Gasteiger partial charge in [0, 0.05) is 0 Å². The first-order valence-corrected chi connectivity index (χ1v) is 24.6. The van der Waals surface area contributed by atoms with Crippen LogP contribution in [0.1, 0.15) is 0 Å². The van der Waals surface area contributed by atoms with Crippen LogP contribution in [0.4, 0.5) is 0 Å². The van der Waals surface area contributed by atoms with E-state index in [1.807, 2.05) is 0 Å². The molecule has 0 radical (unpaired) electrons. The molecule has 21 N–H and O–H groups in total.